The van der Waals surface area contributed by atoms with Gasteiger partial charge in [0.25, 0.3) is 0 Å². The number of thiophene rings is 1. The summed E-state index contributed by atoms with van der Waals surface area (Å²) in [5.74, 6) is 0.00684. The molecule has 0 saturated carbocycles. The first-order chi connectivity index (χ1) is 10.7. The third-order valence-corrected chi connectivity index (χ3v) is 4.61. The van der Waals surface area contributed by atoms with E-state index in [2.05, 4.69) is 5.38 Å². The number of hydrogen-bond acceptors (Lipinski definition) is 4. The van der Waals surface area contributed by atoms with Crippen LogP contribution in [0.5, 0.6) is 0 Å². The van der Waals surface area contributed by atoms with Crippen molar-refractivity contribution >= 4 is 29.7 Å². The Bertz CT molecular complexity index is 606. The first-order valence-corrected chi connectivity index (χ1v) is 8.40. The van der Waals surface area contributed by atoms with E-state index >= 15 is 0 Å². The number of nitrogens with two attached hydrogens (primary N) is 1. The maximum Gasteiger partial charge on any atom is 0.240 e. The van der Waals surface area contributed by atoms with Crippen LogP contribution in [0.25, 0.3) is 0 Å². The summed E-state index contributed by atoms with van der Waals surface area (Å²) in [5.41, 5.74) is 8.34. The Labute approximate surface area is 146 Å². The van der Waals surface area contributed by atoms with Gasteiger partial charge in [-0.05, 0) is 34.4 Å². The first-order valence-electron chi connectivity index (χ1n) is 7.46. The van der Waals surface area contributed by atoms with Crippen molar-refractivity contribution in [2.24, 2.45) is 5.73 Å². The normalized spacial score (nSPS) is 19.0. The van der Waals surface area contributed by atoms with Crippen LogP contribution in [-0.2, 0) is 16.0 Å². The van der Waals surface area contributed by atoms with E-state index < -0.39 is 6.04 Å². The monoisotopic (exact) mass is 352 g/mol. The van der Waals surface area contributed by atoms with Crippen LogP contribution in [0.15, 0.2) is 47.2 Å². The summed E-state index contributed by atoms with van der Waals surface area (Å²) in [7, 11) is 0. The van der Waals surface area contributed by atoms with E-state index in [-0.39, 0.29) is 24.4 Å². The highest BCUT2D eigenvalue weighted by molar-refractivity contribution is 7.07. The molecule has 1 aliphatic heterocycles. The van der Waals surface area contributed by atoms with Gasteiger partial charge in [-0.1, -0.05) is 30.3 Å². The Morgan fingerprint density at radius 2 is 2.13 bits per heavy atom. The number of hydrogen-bond donors (Lipinski definition) is 1. The van der Waals surface area contributed by atoms with Crippen LogP contribution in [0, 0.1) is 0 Å². The van der Waals surface area contributed by atoms with Crippen molar-refractivity contribution in [3.63, 3.8) is 0 Å². The molecule has 1 fully saturated rings. The summed E-state index contributed by atoms with van der Waals surface area (Å²) in [6.07, 6.45) is 0.535. The number of carbonyl (C=O) groups excluding carboxylic acids is 1. The molecule has 2 heterocycles. The third kappa shape index (κ3) is 4.54. The van der Waals surface area contributed by atoms with Gasteiger partial charge in [-0.25, -0.2) is 0 Å². The van der Waals surface area contributed by atoms with Gasteiger partial charge in [-0.2, -0.15) is 11.3 Å². The molecule has 4 nitrogen and oxygen atoms in total. The molecule has 1 amide bonds. The van der Waals surface area contributed by atoms with Gasteiger partial charge in [0.2, 0.25) is 5.91 Å². The highest BCUT2D eigenvalue weighted by Gasteiger charge is 2.28. The van der Waals surface area contributed by atoms with Crippen LogP contribution in [0.4, 0.5) is 0 Å². The zero-order valence-electron chi connectivity index (χ0n) is 12.8. The predicted molar refractivity (Wildman–Crippen MR) is 95.0 cm³/mol. The number of nitrogens with zero attached hydrogens (tertiary/aromatic N) is 1. The van der Waals surface area contributed by atoms with E-state index in [0.29, 0.717) is 26.1 Å². The van der Waals surface area contributed by atoms with Crippen molar-refractivity contribution in [2.75, 3.05) is 19.7 Å². The Kier molecular flexibility index (Phi) is 6.59. The van der Waals surface area contributed by atoms with E-state index in [4.69, 9.17) is 10.5 Å². The molecule has 1 aliphatic rings. The van der Waals surface area contributed by atoms with Gasteiger partial charge in [0, 0.05) is 6.54 Å². The van der Waals surface area contributed by atoms with Crippen molar-refractivity contribution in [1.82, 2.24) is 4.90 Å². The molecule has 0 bridgehead atoms. The number of carbonyl (C=O) groups is 1. The minimum absolute atomic E-state index is 0. The lowest BCUT2D eigenvalue weighted by Crippen LogP contribution is -2.50. The van der Waals surface area contributed by atoms with Gasteiger partial charge in [0.15, 0.2) is 0 Å². The quantitative estimate of drug-likeness (QED) is 0.920. The Hall–Kier alpha value is -1.40. The van der Waals surface area contributed by atoms with E-state index in [0.717, 1.165) is 11.1 Å². The Morgan fingerprint density at radius 1 is 1.35 bits per heavy atom. The molecule has 1 saturated heterocycles. The number of ether oxygens (including phenoxy) is 1. The summed E-state index contributed by atoms with van der Waals surface area (Å²) < 4.78 is 5.77. The standard InChI is InChI=1S/C17H20N2O2S.ClH/c18-15(10-13-4-2-1-3-5-13)17(20)19-7-8-21-16(11-19)14-6-9-22-12-14;/h1-6,9,12,15-16H,7-8,10-11,18H2;1H/t15-,16?;/m0./s1. The van der Waals surface area contributed by atoms with Crippen LogP contribution in [0.1, 0.15) is 17.2 Å². The van der Waals surface area contributed by atoms with Gasteiger partial charge >= 0.3 is 0 Å². The Morgan fingerprint density at radius 3 is 2.83 bits per heavy atom. The first kappa shape index (κ1) is 17.9. The molecule has 3 rings (SSSR count). The van der Waals surface area contributed by atoms with Crippen molar-refractivity contribution in [1.29, 1.82) is 0 Å². The smallest absolute Gasteiger partial charge is 0.240 e. The molecular weight excluding hydrogens is 332 g/mol. The van der Waals surface area contributed by atoms with E-state index in [1.165, 1.54) is 0 Å². The second-order valence-corrected chi connectivity index (χ2v) is 6.28. The maximum absolute atomic E-state index is 12.6. The van der Waals surface area contributed by atoms with Gasteiger partial charge in [-0.3, -0.25) is 4.79 Å². The van der Waals surface area contributed by atoms with Gasteiger partial charge in [-0.15, -0.1) is 12.4 Å². The maximum atomic E-state index is 12.6. The molecule has 2 atom stereocenters. The molecular formula is C17H21ClN2O2S. The highest BCUT2D eigenvalue weighted by atomic mass is 35.5. The fourth-order valence-corrected chi connectivity index (χ4v) is 3.40. The van der Waals surface area contributed by atoms with Gasteiger partial charge < -0.3 is 15.4 Å². The molecule has 0 radical (unpaired) electrons. The number of amides is 1. The molecule has 23 heavy (non-hydrogen) atoms. The lowest BCUT2D eigenvalue weighted by molar-refractivity contribution is -0.140. The van der Waals surface area contributed by atoms with Gasteiger partial charge in [0.05, 0.1) is 19.2 Å². The molecule has 2 N–H and O–H groups in total. The number of halogens is 1. The summed E-state index contributed by atoms with van der Waals surface area (Å²) in [5, 5.41) is 4.10. The molecule has 124 valence electrons. The van der Waals surface area contributed by atoms with Crippen LogP contribution in [0.2, 0.25) is 0 Å². The Balaban J connectivity index is 0.00000192. The number of rotatable bonds is 4. The predicted octanol–water partition coefficient (Wildman–Crippen LogP) is 2.64. The molecule has 0 spiro atoms. The van der Waals surface area contributed by atoms with Gasteiger partial charge in [0.1, 0.15) is 6.10 Å². The minimum Gasteiger partial charge on any atom is -0.370 e. The third-order valence-electron chi connectivity index (χ3n) is 3.91. The highest BCUT2D eigenvalue weighted by Crippen LogP contribution is 2.24. The largest absolute Gasteiger partial charge is 0.370 e. The summed E-state index contributed by atoms with van der Waals surface area (Å²) in [6.45, 7) is 1.75. The molecule has 6 heteroatoms. The van der Waals surface area contributed by atoms with Crippen LogP contribution >= 0.6 is 23.7 Å². The SMILES string of the molecule is Cl.N[C@@H](Cc1ccccc1)C(=O)N1CCOC(c2ccsc2)C1. The van der Waals surface area contributed by atoms with Crippen LogP contribution in [0.3, 0.4) is 0 Å². The minimum atomic E-state index is -0.497. The summed E-state index contributed by atoms with van der Waals surface area (Å²) in [6, 6.07) is 11.4. The van der Waals surface area contributed by atoms with Crippen LogP contribution in [-0.4, -0.2) is 36.5 Å². The van der Waals surface area contributed by atoms with E-state index in [1.807, 2.05) is 46.7 Å². The lowest BCUT2D eigenvalue weighted by Gasteiger charge is -2.34. The molecule has 1 unspecified atom stereocenters. The van der Waals surface area contributed by atoms with Crippen molar-refractivity contribution in [3.8, 4) is 0 Å². The summed E-state index contributed by atoms with van der Waals surface area (Å²) >= 11 is 1.64. The molecule has 0 aliphatic carbocycles. The average Bonchev–Trinajstić information content (AvgIpc) is 3.10. The number of morpholine rings is 1. The van der Waals surface area contributed by atoms with Crippen LogP contribution < -0.4 is 5.73 Å². The zero-order chi connectivity index (χ0) is 15.4. The molecule has 1 aromatic carbocycles. The topological polar surface area (TPSA) is 55.6 Å². The average molecular weight is 353 g/mol. The van der Waals surface area contributed by atoms with E-state index in [9.17, 15) is 4.79 Å². The second kappa shape index (κ2) is 8.45. The second-order valence-electron chi connectivity index (χ2n) is 5.50. The summed E-state index contributed by atoms with van der Waals surface area (Å²) in [4.78, 5) is 14.4. The van der Waals surface area contributed by atoms with E-state index in [1.54, 1.807) is 11.3 Å². The fraction of sp³-hybridized carbons (Fsp3) is 0.353. The fourth-order valence-electron chi connectivity index (χ4n) is 2.70. The zero-order valence-corrected chi connectivity index (χ0v) is 14.4. The molecule has 1 aromatic heterocycles. The lowest BCUT2D eigenvalue weighted by atomic mass is 10.0. The van der Waals surface area contributed by atoms with Crippen molar-refractivity contribution in [3.05, 3.63) is 58.3 Å². The van der Waals surface area contributed by atoms with Crippen molar-refractivity contribution in [2.45, 2.75) is 18.6 Å². The number of benzene rings is 1. The molecule has 2 aromatic rings. The van der Waals surface area contributed by atoms with Crippen molar-refractivity contribution < 1.29 is 9.53 Å².